The van der Waals surface area contributed by atoms with E-state index in [1.165, 1.54) is 11.3 Å². The molecule has 0 radical (unpaired) electrons. The van der Waals surface area contributed by atoms with Crippen LogP contribution in [0.1, 0.15) is 22.2 Å². The number of carbonyl (C=O) groups excluding carboxylic acids is 1. The third-order valence-corrected chi connectivity index (χ3v) is 4.29. The normalized spacial score (nSPS) is 12.4. The molecule has 0 aliphatic carbocycles. The van der Waals surface area contributed by atoms with E-state index in [1.54, 1.807) is 11.0 Å². The van der Waals surface area contributed by atoms with Crippen LogP contribution >= 0.6 is 11.3 Å². The fourth-order valence-corrected chi connectivity index (χ4v) is 3.01. The molecule has 2 heterocycles. The SMILES string of the molecule is CCN(Cc1ccc2c(c1)OCO2)C(=O)c1sccc1N. The molecule has 1 amide bonds. The number of nitrogen functional groups attached to an aromatic ring is 1. The first-order chi connectivity index (χ1) is 10.2. The molecule has 6 heteroatoms. The van der Waals surface area contributed by atoms with Crippen molar-refractivity contribution in [2.24, 2.45) is 0 Å². The first kappa shape index (κ1) is 13.8. The van der Waals surface area contributed by atoms with Gasteiger partial charge in [-0.05, 0) is 36.1 Å². The van der Waals surface area contributed by atoms with Crippen molar-refractivity contribution < 1.29 is 14.3 Å². The van der Waals surface area contributed by atoms with Crippen molar-refractivity contribution in [2.45, 2.75) is 13.5 Å². The Morgan fingerprint density at radius 3 is 2.86 bits per heavy atom. The van der Waals surface area contributed by atoms with Crippen LogP contribution in [0.4, 0.5) is 5.69 Å². The van der Waals surface area contributed by atoms with E-state index >= 15 is 0 Å². The van der Waals surface area contributed by atoms with Gasteiger partial charge < -0.3 is 20.1 Å². The summed E-state index contributed by atoms with van der Waals surface area (Å²) >= 11 is 1.37. The number of thiophene rings is 1. The number of carbonyl (C=O) groups is 1. The second-order valence-corrected chi connectivity index (χ2v) is 5.63. The Balaban J connectivity index is 1.78. The highest BCUT2D eigenvalue weighted by atomic mass is 32.1. The molecule has 0 fully saturated rings. The summed E-state index contributed by atoms with van der Waals surface area (Å²) in [6.45, 7) is 3.34. The van der Waals surface area contributed by atoms with Crippen LogP contribution in [0.3, 0.4) is 0 Å². The number of ether oxygens (including phenoxy) is 2. The Morgan fingerprint density at radius 1 is 1.33 bits per heavy atom. The van der Waals surface area contributed by atoms with E-state index in [0.717, 1.165) is 17.1 Å². The predicted octanol–water partition coefficient (Wildman–Crippen LogP) is 2.72. The molecular formula is C15H16N2O3S. The van der Waals surface area contributed by atoms with Crippen molar-refractivity contribution in [1.82, 2.24) is 4.90 Å². The van der Waals surface area contributed by atoms with Crippen LogP contribution < -0.4 is 15.2 Å². The van der Waals surface area contributed by atoms with Crippen LogP contribution in [-0.2, 0) is 6.54 Å². The summed E-state index contributed by atoms with van der Waals surface area (Å²) in [4.78, 5) is 14.9. The van der Waals surface area contributed by atoms with Gasteiger partial charge in [-0.2, -0.15) is 0 Å². The fourth-order valence-electron chi connectivity index (χ4n) is 2.22. The van der Waals surface area contributed by atoms with Crippen LogP contribution in [0.25, 0.3) is 0 Å². The molecule has 0 bridgehead atoms. The molecule has 110 valence electrons. The molecule has 2 aromatic rings. The first-order valence-electron chi connectivity index (χ1n) is 6.69. The molecule has 0 saturated carbocycles. The highest BCUT2D eigenvalue weighted by Crippen LogP contribution is 2.33. The van der Waals surface area contributed by atoms with Gasteiger partial charge in [0.1, 0.15) is 4.88 Å². The monoisotopic (exact) mass is 304 g/mol. The average molecular weight is 304 g/mol. The number of fused-ring (bicyclic) bond motifs is 1. The third kappa shape index (κ3) is 2.67. The average Bonchev–Trinajstić information content (AvgIpc) is 3.12. The summed E-state index contributed by atoms with van der Waals surface area (Å²) in [7, 11) is 0. The topological polar surface area (TPSA) is 64.8 Å². The second kappa shape index (κ2) is 5.65. The van der Waals surface area contributed by atoms with Gasteiger partial charge in [0.15, 0.2) is 11.5 Å². The summed E-state index contributed by atoms with van der Waals surface area (Å²) in [5, 5.41) is 1.83. The van der Waals surface area contributed by atoms with Gasteiger partial charge in [-0.3, -0.25) is 4.79 Å². The quantitative estimate of drug-likeness (QED) is 0.943. The summed E-state index contributed by atoms with van der Waals surface area (Å²) in [6, 6.07) is 7.49. The molecule has 1 aliphatic rings. The van der Waals surface area contributed by atoms with Gasteiger partial charge in [0.25, 0.3) is 5.91 Å². The van der Waals surface area contributed by atoms with Gasteiger partial charge in [-0.15, -0.1) is 11.3 Å². The van der Waals surface area contributed by atoms with Crippen LogP contribution in [0, 0.1) is 0 Å². The summed E-state index contributed by atoms with van der Waals surface area (Å²) in [5.41, 5.74) is 7.37. The zero-order valence-corrected chi connectivity index (χ0v) is 12.5. The molecular weight excluding hydrogens is 288 g/mol. The maximum atomic E-state index is 12.5. The number of anilines is 1. The Hall–Kier alpha value is -2.21. The van der Waals surface area contributed by atoms with Crippen LogP contribution in [0.15, 0.2) is 29.6 Å². The van der Waals surface area contributed by atoms with E-state index in [4.69, 9.17) is 15.2 Å². The minimum Gasteiger partial charge on any atom is -0.454 e. The number of nitrogens with zero attached hydrogens (tertiary/aromatic N) is 1. The lowest BCUT2D eigenvalue weighted by Crippen LogP contribution is -2.30. The Labute approximate surface area is 126 Å². The molecule has 1 aromatic heterocycles. The second-order valence-electron chi connectivity index (χ2n) is 4.71. The largest absolute Gasteiger partial charge is 0.454 e. The zero-order valence-electron chi connectivity index (χ0n) is 11.7. The van der Waals surface area contributed by atoms with E-state index < -0.39 is 0 Å². The molecule has 0 spiro atoms. The molecule has 1 aliphatic heterocycles. The number of nitrogens with two attached hydrogens (primary N) is 1. The Morgan fingerprint density at radius 2 is 2.14 bits per heavy atom. The van der Waals surface area contributed by atoms with Gasteiger partial charge in [-0.1, -0.05) is 6.07 Å². The molecule has 21 heavy (non-hydrogen) atoms. The fraction of sp³-hybridized carbons (Fsp3) is 0.267. The number of amides is 1. The molecule has 2 N–H and O–H groups in total. The van der Waals surface area contributed by atoms with Crippen LogP contribution in [-0.4, -0.2) is 24.1 Å². The van der Waals surface area contributed by atoms with E-state index in [2.05, 4.69) is 0 Å². The van der Waals surface area contributed by atoms with Gasteiger partial charge >= 0.3 is 0 Å². The van der Waals surface area contributed by atoms with Crippen molar-refractivity contribution >= 4 is 22.9 Å². The summed E-state index contributed by atoms with van der Waals surface area (Å²) < 4.78 is 10.7. The minimum absolute atomic E-state index is 0.0392. The number of hydrogen-bond acceptors (Lipinski definition) is 5. The molecule has 1 aromatic carbocycles. The Kier molecular flexibility index (Phi) is 3.70. The lowest BCUT2D eigenvalue weighted by molar-refractivity contribution is 0.0758. The van der Waals surface area contributed by atoms with Crippen molar-refractivity contribution in [1.29, 1.82) is 0 Å². The summed E-state index contributed by atoms with van der Waals surface area (Å²) in [5.74, 6) is 1.44. The van der Waals surface area contributed by atoms with Crippen LogP contribution in [0.5, 0.6) is 11.5 Å². The maximum absolute atomic E-state index is 12.5. The standard InChI is InChI=1S/C15H16N2O3S/c1-2-17(15(18)14-11(16)5-6-21-14)8-10-3-4-12-13(7-10)20-9-19-12/h3-7H,2,8-9,16H2,1H3. The van der Waals surface area contributed by atoms with Gasteiger partial charge in [0.05, 0.1) is 5.69 Å². The summed E-state index contributed by atoms with van der Waals surface area (Å²) in [6.07, 6.45) is 0. The first-order valence-corrected chi connectivity index (χ1v) is 7.57. The highest BCUT2D eigenvalue weighted by Gasteiger charge is 2.20. The molecule has 5 nitrogen and oxygen atoms in total. The number of hydrogen-bond donors (Lipinski definition) is 1. The maximum Gasteiger partial charge on any atom is 0.266 e. The van der Waals surface area contributed by atoms with E-state index in [9.17, 15) is 4.79 Å². The van der Waals surface area contributed by atoms with E-state index in [-0.39, 0.29) is 12.7 Å². The molecule has 0 unspecified atom stereocenters. The van der Waals surface area contributed by atoms with Gasteiger partial charge in [0, 0.05) is 13.1 Å². The van der Waals surface area contributed by atoms with Crippen molar-refractivity contribution in [3.05, 3.63) is 40.1 Å². The molecule has 0 atom stereocenters. The van der Waals surface area contributed by atoms with E-state index in [0.29, 0.717) is 23.7 Å². The highest BCUT2D eigenvalue weighted by molar-refractivity contribution is 7.12. The zero-order chi connectivity index (χ0) is 14.8. The lowest BCUT2D eigenvalue weighted by Gasteiger charge is -2.20. The minimum atomic E-state index is -0.0392. The number of rotatable bonds is 4. The van der Waals surface area contributed by atoms with Gasteiger partial charge in [0.2, 0.25) is 6.79 Å². The molecule has 3 rings (SSSR count). The molecule has 0 saturated heterocycles. The van der Waals surface area contributed by atoms with Crippen molar-refractivity contribution in [3.63, 3.8) is 0 Å². The third-order valence-electron chi connectivity index (χ3n) is 3.37. The lowest BCUT2D eigenvalue weighted by atomic mass is 10.2. The predicted molar refractivity (Wildman–Crippen MR) is 81.7 cm³/mol. The number of benzene rings is 1. The smallest absolute Gasteiger partial charge is 0.266 e. The van der Waals surface area contributed by atoms with Gasteiger partial charge in [-0.25, -0.2) is 0 Å². The van der Waals surface area contributed by atoms with Crippen molar-refractivity contribution in [3.8, 4) is 11.5 Å². The van der Waals surface area contributed by atoms with Crippen LogP contribution in [0.2, 0.25) is 0 Å². The van der Waals surface area contributed by atoms with Crippen molar-refractivity contribution in [2.75, 3.05) is 19.1 Å². The van der Waals surface area contributed by atoms with E-state index in [1.807, 2.05) is 30.5 Å². The Bertz CT molecular complexity index is 669.